The highest BCUT2D eigenvalue weighted by molar-refractivity contribution is 5.82. The van der Waals surface area contributed by atoms with Crippen molar-refractivity contribution in [2.24, 2.45) is 4.99 Å². The van der Waals surface area contributed by atoms with E-state index < -0.39 is 0 Å². The molecule has 3 nitrogen and oxygen atoms in total. The van der Waals surface area contributed by atoms with Gasteiger partial charge in [0, 0.05) is 25.0 Å². The number of benzene rings is 2. The van der Waals surface area contributed by atoms with Gasteiger partial charge in [0.25, 0.3) is 0 Å². The van der Waals surface area contributed by atoms with Gasteiger partial charge in [0.05, 0.1) is 5.69 Å². The number of phenolic OH excluding ortho intramolecular Hbond substituents is 1. The molecule has 2 rings (SSSR count). The standard InChI is InChI=1S/C17H20N2O/c1-3-19(4-2)16-9-5-14(6-10-16)13-18-15-7-11-17(20)12-8-15/h5-13,20H,3-4H2,1-2H3/b18-13+. The molecule has 20 heavy (non-hydrogen) atoms. The number of aliphatic imine (C=N–C) groups is 1. The van der Waals surface area contributed by atoms with E-state index in [4.69, 9.17) is 0 Å². The lowest BCUT2D eigenvalue weighted by Gasteiger charge is -2.20. The van der Waals surface area contributed by atoms with Crippen LogP contribution in [0.2, 0.25) is 0 Å². The van der Waals surface area contributed by atoms with E-state index in [1.807, 2.05) is 6.21 Å². The molecule has 2 aromatic carbocycles. The molecule has 0 aliphatic heterocycles. The Balaban J connectivity index is 2.08. The van der Waals surface area contributed by atoms with Gasteiger partial charge in [0.15, 0.2) is 0 Å². The SMILES string of the molecule is CCN(CC)c1ccc(/C=N/c2ccc(O)cc2)cc1. The minimum absolute atomic E-state index is 0.257. The van der Waals surface area contributed by atoms with Gasteiger partial charge >= 0.3 is 0 Å². The molecule has 0 aromatic heterocycles. The Kier molecular flexibility index (Phi) is 4.77. The lowest BCUT2D eigenvalue weighted by molar-refractivity contribution is 0.475. The van der Waals surface area contributed by atoms with Crippen LogP contribution in [0.25, 0.3) is 0 Å². The number of anilines is 1. The van der Waals surface area contributed by atoms with Gasteiger partial charge in [0.2, 0.25) is 0 Å². The number of rotatable bonds is 5. The first-order chi connectivity index (χ1) is 9.72. The highest BCUT2D eigenvalue weighted by atomic mass is 16.3. The van der Waals surface area contributed by atoms with Crippen LogP contribution >= 0.6 is 0 Å². The molecular formula is C17H20N2O. The van der Waals surface area contributed by atoms with Crippen molar-refractivity contribution in [3.05, 3.63) is 54.1 Å². The second kappa shape index (κ2) is 6.75. The molecule has 0 saturated heterocycles. The van der Waals surface area contributed by atoms with E-state index in [9.17, 15) is 5.11 Å². The fraction of sp³-hybridized carbons (Fsp3) is 0.235. The predicted molar refractivity (Wildman–Crippen MR) is 85.4 cm³/mol. The Hall–Kier alpha value is -2.29. The summed E-state index contributed by atoms with van der Waals surface area (Å²) in [6, 6.07) is 15.2. The Morgan fingerprint density at radius 2 is 1.55 bits per heavy atom. The van der Waals surface area contributed by atoms with Gasteiger partial charge in [-0.2, -0.15) is 0 Å². The summed E-state index contributed by atoms with van der Waals surface area (Å²) in [5, 5.41) is 9.21. The monoisotopic (exact) mass is 268 g/mol. The van der Waals surface area contributed by atoms with Gasteiger partial charge in [0.1, 0.15) is 5.75 Å². The molecule has 0 radical (unpaired) electrons. The fourth-order valence-corrected chi connectivity index (χ4v) is 2.05. The Morgan fingerprint density at radius 1 is 0.950 bits per heavy atom. The van der Waals surface area contributed by atoms with Crippen LogP contribution in [-0.2, 0) is 0 Å². The van der Waals surface area contributed by atoms with E-state index in [1.54, 1.807) is 24.3 Å². The van der Waals surface area contributed by atoms with Gasteiger partial charge in [-0.3, -0.25) is 4.99 Å². The number of hydrogen-bond acceptors (Lipinski definition) is 3. The summed E-state index contributed by atoms with van der Waals surface area (Å²) in [5.41, 5.74) is 3.13. The van der Waals surface area contributed by atoms with Crippen LogP contribution in [0.4, 0.5) is 11.4 Å². The maximum Gasteiger partial charge on any atom is 0.115 e. The molecule has 0 bridgehead atoms. The normalized spacial score (nSPS) is 10.9. The van der Waals surface area contributed by atoms with Crippen LogP contribution in [0, 0.1) is 0 Å². The molecule has 0 spiro atoms. The molecule has 0 atom stereocenters. The molecule has 0 heterocycles. The van der Waals surface area contributed by atoms with E-state index in [0.717, 1.165) is 24.3 Å². The maximum atomic E-state index is 9.21. The van der Waals surface area contributed by atoms with E-state index in [2.05, 4.69) is 48.0 Å². The van der Waals surface area contributed by atoms with Gasteiger partial charge in [-0.1, -0.05) is 12.1 Å². The second-order valence-electron chi connectivity index (χ2n) is 4.54. The lowest BCUT2D eigenvalue weighted by atomic mass is 10.2. The summed E-state index contributed by atoms with van der Waals surface area (Å²) in [5.74, 6) is 0.257. The summed E-state index contributed by atoms with van der Waals surface area (Å²) in [7, 11) is 0. The van der Waals surface area contributed by atoms with E-state index in [-0.39, 0.29) is 5.75 Å². The number of hydrogen-bond donors (Lipinski definition) is 1. The summed E-state index contributed by atoms with van der Waals surface area (Å²) in [6.45, 7) is 6.34. The van der Waals surface area contributed by atoms with Gasteiger partial charge < -0.3 is 10.0 Å². The van der Waals surface area contributed by atoms with Crippen LogP contribution in [0.3, 0.4) is 0 Å². The number of phenols is 1. The maximum absolute atomic E-state index is 9.21. The van der Waals surface area contributed by atoms with E-state index >= 15 is 0 Å². The summed E-state index contributed by atoms with van der Waals surface area (Å²) < 4.78 is 0. The quantitative estimate of drug-likeness (QED) is 0.832. The summed E-state index contributed by atoms with van der Waals surface area (Å²) in [4.78, 5) is 6.69. The van der Waals surface area contributed by atoms with Gasteiger partial charge in [-0.25, -0.2) is 0 Å². The molecule has 0 fully saturated rings. The Bertz CT molecular complexity index is 555. The minimum atomic E-state index is 0.257. The average Bonchev–Trinajstić information content (AvgIpc) is 2.49. The number of aromatic hydroxyl groups is 1. The molecule has 104 valence electrons. The fourth-order valence-electron chi connectivity index (χ4n) is 2.05. The Labute approximate surface area is 120 Å². The minimum Gasteiger partial charge on any atom is -0.508 e. The molecule has 0 amide bonds. The Morgan fingerprint density at radius 3 is 2.10 bits per heavy atom. The molecule has 3 heteroatoms. The molecule has 1 N–H and O–H groups in total. The van der Waals surface area contributed by atoms with Crippen molar-refractivity contribution >= 4 is 17.6 Å². The molecule has 2 aromatic rings. The van der Waals surface area contributed by atoms with Crippen LogP contribution in [0.15, 0.2) is 53.5 Å². The van der Waals surface area contributed by atoms with Crippen molar-refractivity contribution < 1.29 is 5.11 Å². The number of nitrogens with zero attached hydrogens (tertiary/aromatic N) is 2. The first-order valence-corrected chi connectivity index (χ1v) is 6.91. The van der Waals surface area contributed by atoms with Crippen molar-refractivity contribution in [2.45, 2.75) is 13.8 Å². The molecule has 0 aliphatic rings. The molecule has 0 saturated carbocycles. The third kappa shape index (κ3) is 3.60. The molecule has 0 unspecified atom stereocenters. The largest absolute Gasteiger partial charge is 0.508 e. The van der Waals surface area contributed by atoms with Gasteiger partial charge in [-0.05, 0) is 55.8 Å². The van der Waals surface area contributed by atoms with E-state index in [1.165, 1.54) is 5.69 Å². The zero-order valence-electron chi connectivity index (χ0n) is 12.0. The van der Waals surface area contributed by atoms with Crippen molar-refractivity contribution in [2.75, 3.05) is 18.0 Å². The van der Waals surface area contributed by atoms with Gasteiger partial charge in [-0.15, -0.1) is 0 Å². The topological polar surface area (TPSA) is 35.8 Å². The second-order valence-corrected chi connectivity index (χ2v) is 4.54. The zero-order valence-corrected chi connectivity index (χ0v) is 12.0. The van der Waals surface area contributed by atoms with Crippen molar-refractivity contribution in [3.8, 4) is 5.75 Å². The molecular weight excluding hydrogens is 248 g/mol. The van der Waals surface area contributed by atoms with Crippen LogP contribution in [-0.4, -0.2) is 24.4 Å². The summed E-state index contributed by atoms with van der Waals surface area (Å²) >= 11 is 0. The van der Waals surface area contributed by atoms with Crippen LogP contribution < -0.4 is 4.90 Å². The third-order valence-electron chi connectivity index (χ3n) is 3.23. The predicted octanol–water partition coefficient (Wildman–Crippen LogP) is 3.99. The average molecular weight is 268 g/mol. The highest BCUT2D eigenvalue weighted by Crippen LogP contribution is 2.17. The van der Waals surface area contributed by atoms with Crippen LogP contribution in [0.5, 0.6) is 5.75 Å². The highest BCUT2D eigenvalue weighted by Gasteiger charge is 2.00. The smallest absolute Gasteiger partial charge is 0.115 e. The first-order valence-electron chi connectivity index (χ1n) is 6.91. The van der Waals surface area contributed by atoms with Crippen LogP contribution in [0.1, 0.15) is 19.4 Å². The van der Waals surface area contributed by atoms with Crippen molar-refractivity contribution in [1.82, 2.24) is 0 Å². The van der Waals surface area contributed by atoms with Crippen molar-refractivity contribution in [1.29, 1.82) is 0 Å². The zero-order chi connectivity index (χ0) is 14.4. The summed E-state index contributed by atoms with van der Waals surface area (Å²) in [6.07, 6.45) is 1.83. The lowest BCUT2D eigenvalue weighted by Crippen LogP contribution is -2.21. The third-order valence-corrected chi connectivity index (χ3v) is 3.23. The molecule has 0 aliphatic carbocycles. The first kappa shape index (κ1) is 14.1. The van der Waals surface area contributed by atoms with E-state index in [0.29, 0.717) is 0 Å². The van der Waals surface area contributed by atoms with Crippen molar-refractivity contribution in [3.63, 3.8) is 0 Å².